The Labute approximate surface area is 109 Å². The molecule has 0 aliphatic heterocycles. The van der Waals surface area contributed by atoms with Crippen LogP contribution >= 0.6 is 11.6 Å². The Hall–Kier alpha value is -2.01. The van der Waals surface area contributed by atoms with Crippen molar-refractivity contribution in [2.24, 2.45) is 0 Å². The third-order valence-electron chi connectivity index (χ3n) is 2.71. The van der Waals surface area contributed by atoms with Gasteiger partial charge in [-0.25, -0.2) is 9.48 Å². The molecule has 0 spiro atoms. The molecule has 0 aliphatic rings. The van der Waals surface area contributed by atoms with Gasteiger partial charge < -0.3 is 10.8 Å². The quantitative estimate of drug-likeness (QED) is 0.817. The maximum absolute atomic E-state index is 10.8. The second-order valence-corrected chi connectivity index (χ2v) is 4.35. The summed E-state index contributed by atoms with van der Waals surface area (Å²) in [5.41, 5.74) is 8.43. The van der Waals surface area contributed by atoms with Crippen LogP contribution in [0.5, 0.6) is 0 Å². The van der Waals surface area contributed by atoms with E-state index in [0.717, 1.165) is 5.69 Å². The van der Waals surface area contributed by atoms with Crippen molar-refractivity contribution in [1.82, 2.24) is 9.78 Å². The van der Waals surface area contributed by atoms with Crippen molar-refractivity contribution in [2.45, 2.75) is 13.8 Å². The van der Waals surface area contributed by atoms with E-state index in [2.05, 4.69) is 5.10 Å². The Morgan fingerprint density at radius 3 is 2.56 bits per heavy atom. The van der Waals surface area contributed by atoms with Crippen LogP contribution in [0.4, 0.5) is 5.69 Å². The summed E-state index contributed by atoms with van der Waals surface area (Å²) >= 11 is 6.06. The summed E-state index contributed by atoms with van der Waals surface area (Å²) in [5.74, 6) is -1.01. The third kappa shape index (κ3) is 1.93. The fourth-order valence-electron chi connectivity index (χ4n) is 1.74. The van der Waals surface area contributed by atoms with Gasteiger partial charge in [-0.05, 0) is 32.0 Å². The molecule has 0 amide bonds. The zero-order valence-electron chi connectivity index (χ0n) is 9.94. The molecular formula is C12H12ClN3O2. The number of carboxylic acid groups (broad SMARTS) is 1. The van der Waals surface area contributed by atoms with Gasteiger partial charge in [-0.3, -0.25) is 0 Å². The molecule has 0 unspecified atom stereocenters. The molecule has 1 heterocycles. The second kappa shape index (κ2) is 4.34. The molecule has 1 aromatic carbocycles. The minimum atomic E-state index is -1.01. The molecule has 2 aromatic rings. The Bertz CT molecular complexity index is 634. The number of nitrogens with zero attached hydrogens (tertiary/aromatic N) is 2. The Morgan fingerprint density at radius 1 is 1.44 bits per heavy atom. The lowest BCUT2D eigenvalue weighted by atomic mass is 10.1. The average Bonchev–Trinajstić information content (AvgIpc) is 2.57. The van der Waals surface area contributed by atoms with E-state index in [9.17, 15) is 4.79 Å². The van der Waals surface area contributed by atoms with Crippen molar-refractivity contribution in [3.8, 4) is 5.69 Å². The minimum Gasteiger partial charge on any atom is -0.478 e. The highest BCUT2D eigenvalue weighted by molar-refractivity contribution is 6.31. The molecule has 0 saturated carbocycles. The summed E-state index contributed by atoms with van der Waals surface area (Å²) in [6, 6.07) is 4.51. The zero-order chi connectivity index (χ0) is 13.4. The van der Waals surface area contributed by atoms with Crippen molar-refractivity contribution >= 4 is 23.3 Å². The number of carbonyl (C=O) groups is 1. The van der Waals surface area contributed by atoms with E-state index in [1.807, 2.05) is 6.92 Å². The maximum Gasteiger partial charge on any atom is 0.335 e. The molecule has 18 heavy (non-hydrogen) atoms. The van der Waals surface area contributed by atoms with Crippen molar-refractivity contribution in [3.63, 3.8) is 0 Å². The lowest BCUT2D eigenvalue weighted by Gasteiger charge is -2.08. The first kappa shape index (κ1) is 12.4. The van der Waals surface area contributed by atoms with Crippen LogP contribution in [0.25, 0.3) is 5.69 Å². The average molecular weight is 266 g/mol. The number of benzene rings is 1. The number of carboxylic acids is 1. The summed E-state index contributed by atoms with van der Waals surface area (Å²) in [6.45, 7) is 3.63. The number of aromatic nitrogens is 2. The number of anilines is 1. The van der Waals surface area contributed by atoms with E-state index < -0.39 is 5.97 Å². The summed E-state index contributed by atoms with van der Waals surface area (Å²) in [5, 5.41) is 13.7. The molecule has 1 aromatic heterocycles. The molecule has 0 fully saturated rings. The molecule has 0 aliphatic carbocycles. The van der Waals surface area contributed by atoms with Crippen LogP contribution < -0.4 is 5.73 Å². The molecule has 0 bridgehead atoms. The van der Waals surface area contributed by atoms with E-state index in [1.54, 1.807) is 17.7 Å². The van der Waals surface area contributed by atoms with Crippen molar-refractivity contribution in [2.75, 3.05) is 5.73 Å². The topological polar surface area (TPSA) is 81.1 Å². The smallest absolute Gasteiger partial charge is 0.335 e. The molecule has 6 heteroatoms. The first-order chi connectivity index (χ1) is 8.41. The molecule has 94 valence electrons. The van der Waals surface area contributed by atoms with Crippen LogP contribution in [0, 0.1) is 13.8 Å². The monoisotopic (exact) mass is 265 g/mol. The predicted octanol–water partition coefficient (Wildman–Crippen LogP) is 2.42. The van der Waals surface area contributed by atoms with E-state index in [0.29, 0.717) is 22.1 Å². The summed E-state index contributed by atoms with van der Waals surface area (Å²) < 4.78 is 1.61. The highest BCUT2D eigenvalue weighted by Crippen LogP contribution is 2.25. The lowest BCUT2D eigenvalue weighted by molar-refractivity contribution is 0.0697. The molecule has 2 rings (SSSR count). The van der Waals surface area contributed by atoms with Crippen LogP contribution in [0.3, 0.4) is 0 Å². The van der Waals surface area contributed by atoms with Gasteiger partial charge in [0.25, 0.3) is 0 Å². The molecule has 3 N–H and O–H groups in total. The van der Waals surface area contributed by atoms with Crippen LogP contribution in [0.2, 0.25) is 5.02 Å². The second-order valence-electron chi connectivity index (χ2n) is 3.98. The van der Waals surface area contributed by atoms with Gasteiger partial charge in [-0.2, -0.15) is 5.10 Å². The summed E-state index contributed by atoms with van der Waals surface area (Å²) in [4.78, 5) is 10.8. The number of nitrogen functional groups attached to an aromatic ring is 1. The van der Waals surface area contributed by atoms with E-state index in [1.165, 1.54) is 12.1 Å². The molecule has 0 saturated heterocycles. The van der Waals surface area contributed by atoms with E-state index in [-0.39, 0.29) is 5.56 Å². The maximum atomic E-state index is 10.8. The van der Waals surface area contributed by atoms with Crippen LogP contribution in [0.15, 0.2) is 18.2 Å². The van der Waals surface area contributed by atoms with Gasteiger partial charge >= 0.3 is 5.97 Å². The standard InChI is InChI=1S/C12H12ClN3O2/c1-6-11(13)7(2)16(15-6)10-4-3-8(12(17)18)5-9(10)14/h3-5H,14H2,1-2H3,(H,17,18). The van der Waals surface area contributed by atoms with Gasteiger partial charge in [0.15, 0.2) is 0 Å². The van der Waals surface area contributed by atoms with Crippen LogP contribution in [-0.4, -0.2) is 20.9 Å². The number of aryl methyl sites for hydroxylation is 1. The summed E-state index contributed by atoms with van der Waals surface area (Å²) in [7, 11) is 0. The Kier molecular flexibility index (Phi) is 3.00. The SMILES string of the molecule is Cc1nn(-c2ccc(C(=O)O)cc2N)c(C)c1Cl. The largest absolute Gasteiger partial charge is 0.478 e. The van der Waals surface area contributed by atoms with Crippen molar-refractivity contribution in [3.05, 3.63) is 40.2 Å². The van der Waals surface area contributed by atoms with Crippen LogP contribution in [0.1, 0.15) is 21.7 Å². The fraction of sp³-hybridized carbons (Fsp3) is 0.167. The van der Waals surface area contributed by atoms with E-state index >= 15 is 0 Å². The van der Waals surface area contributed by atoms with Gasteiger partial charge in [-0.15, -0.1) is 0 Å². The normalized spacial score (nSPS) is 10.6. The van der Waals surface area contributed by atoms with Gasteiger partial charge in [0.05, 0.1) is 33.3 Å². The first-order valence-corrected chi connectivity index (χ1v) is 5.64. The van der Waals surface area contributed by atoms with E-state index in [4.69, 9.17) is 22.4 Å². The highest BCUT2D eigenvalue weighted by atomic mass is 35.5. The Morgan fingerprint density at radius 2 is 2.11 bits per heavy atom. The number of aromatic carboxylic acids is 1. The number of nitrogens with two attached hydrogens (primary N) is 1. The van der Waals surface area contributed by atoms with Gasteiger partial charge in [0.2, 0.25) is 0 Å². The fourth-order valence-corrected chi connectivity index (χ4v) is 1.86. The van der Waals surface area contributed by atoms with Crippen molar-refractivity contribution in [1.29, 1.82) is 0 Å². The molecular weight excluding hydrogens is 254 g/mol. The molecule has 0 radical (unpaired) electrons. The molecule has 0 atom stereocenters. The third-order valence-corrected chi connectivity index (χ3v) is 3.25. The van der Waals surface area contributed by atoms with Gasteiger partial charge in [0, 0.05) is 0 Å². The highest BCUT2D eigenvalue weighted by Gasteiger charge is 2.14. The predicted molar refractivity (Wildman–Crippen MR) is 69.4 cm³/mol. The molecule has 5 nitrogen and oxygen atoms in total. The lowest BCUT2D eigenvalue weighted by Crippen LogP contribution is -2.05. The van der Waals surface area contributed by atoms with Gasteiger partial charge in [0.1, 0.15) is 0 Å². The summed E-state index contributed by atoms with van der Waals surface area (Å²) in [6.07, 6.45) is 0. The van der Waals surface area contributed by atoms with Crippen LogP contribution in [-0.2, 0) is 0 Å². The zero-order valence-corrected chi connectivity index (χ0v) is 10.7. The number of rotatable bonds is 2. The van der Waals surface area contributed by atoms with Gasteiger partial charge in [-0.1, -0.05) is 11.6 Å². The number of hydrogen-bond acceptors (Lipinski definition) is 3. The Balaban J connectivity index is 2.58. The number of halogens is 1. The minimum absolute atomic E-state index is 0.142. The first-order valence-electron chi connectivity index (χ1n) is 5.26. The number of hydrogen-bond donors (Lipinski definition) is 2. The van der Waals surface area contributed by atoms with Crippen molar-refractivity contribution < 1.29 is 9.90 Å².